The number of hydrogen-bond acceptors (Lipinski definition) is 1. The minimum atomic E-state index is 0.632. The molecule has 1 nitrogen and oxygen atoms in total. The van der Waals surface area contributed by atoms with Crippen LogP contribution in [0.3, 0.4) is 0 Å². The SMILES string of the molecule is CCC=C(CC)N(CC)C(C)C. The minimum absolute atomic E-state index is 0.632. The highest BCUT2D eigenvalue weighted by Crippen LogP contribution is 2.12. The van der Waals surface area contributed by atoms with Crippen molar-refractivity contribution < 1.29 is 0 Å². The molecule has 0 heterocycles. The van der Waals surface area contributed by atoms with Gasteiger partial charge in [0.15, 0.2) is 0 Å². The van der Waals surface area contributed by atoms with Gasteiger partial charge in [0.25, 0.3) is 0 Å². The number of hydrogen-bond donors (Lipinski definition) is 0. The number of allylic oxidation sites excluding steroid dienone is 2. The summed E-state index contributed by atoms with van der Waals surface area (Å²) in [6, 6.07) is 0.632. The molecule has 12 heavy (non-hydrogen) atoms. The maximum absolute atomic E-state index is 2.46. The van der Waals surface area contributed by atoms with Gasteiger partial charge in [-0.1, -0.05) is 19.9 Å². The molecule has 0 unspecified atom stereocenters. The van der Waals surface area contributed by atoms with Crippen molar-refractivity contribution in [1.82, 2.24) is 4.90 Å². The maximum atomic E-state index is 2.46. The Bertz CT molecular complexity index is 136. The first kappa shape index (κ1) is 11.5. The van der Waals surface area contributed by atoms with Gasteiger partial charge >= 0.3 is 0 Å². The Morgan fingerprint density at radius 2 is 1.83 bits per heavy atom. The highest BCUT2D eigenvalue weighted by Gasteiger charge is 2.07. The molecule has 0 fully saturated rings. The van der Waals surface area contributed by atoms with E-state index in [1.165, 1.54) is 5.70 Å². The van der Waals surface area contributed by atoms with Crippen molar-refractivity contribution in [3.05, 3.63) is 11.8 Å². The summed E-state index contributed by atoms with van der Waals surface area (Å²) in [6.07, 6.45) is 4.63. The molecule has 0 N–H and O–H groups in total. The van der Waals surface area contributed by atoms with Crippen molar-refractivity contribution in [1.29, 1.82) is 0 Å². The molecule has 0 amide bonds. The lowest BCUT2D eigenvalue weighted by molar-refractivity contribution is 0.289. The van der Waals surface area contributed by atoms with E-state index in [2.05, 4.69) is 45.6 Å². The van der Waals surface area contributed by atoms with Gasteiger partial charge in [0.2, 0.25) is 0 Å². The molecule has 1 heteroatoms. The van der Waals surface area contributed by atoms with Crippen LogP contribution in [-0.2, 0) is 0 Å². The van der Waals surface area contributed by atoms with E-state index >= 15 is 0 Å². The summed E-state index contributed by atoms with van der Waals surface area (Å²) in [7, 11) is 0. The van der Waals surface area contributed by atoms with E-state index in [1.807, 2.05) is 0 Å². The molecule has 0 rings (SSSR count). The van der Waals surface area contributed by atoms with Crippen molar-refractivity contribution in [2.24, 2.45) is 0 Å². The quantitative estimate of drug-likeness (QED) is 0.609. The molecule has 0 radical (unpaired) electrons. The molecule has 0 spiro atoms. The Hall–Kier alpha value is -0.460. The first-order valence-electron chi connectivity index (χ1n) is 5.12. The monoisotopic (exact) mass is 169 g/mol. The molecule has 0 aromatic heterocycles. The average Bonchev–Trinajstić information content (AvgIpc) is 2.03. The van der Waals surface area contributed by atoms with Crippen LogP contribution in [0.4, 0.5) is 0 Å². The topological polar surface area (TPSA) is 3.24 Å². The molecule has 0 aliphatic rings. The van der Waals surface area contributed by atoms with Gasteiger partial charge in [-0.3, -0.25) is 0 Å². The standard InChI is InChI=1S/C11H23N/c1-6-9-11(7-2)12(8-3)10(4)5/h9-10H,6-8H2,1-5H3. The lowest BCUT2D eigenvalue weighted by Crippen LogP contribution is -2.29. The summed E-state index contributed by atoms with van der Waals surface area (Å²) in [5.41, 5.74) is 1.50. The molecular weight excluding hydrogens is 146 g/mol. The van der Waals surface area contributed by atoms with Crippen LogP contribution in [0, 0.1) is 0 Å². The lowest BCUT2D eigenvalue weighted by atomic mass is 10.2. The summed E-state index contributed by atoms with van der Waals surface area (Å²) in [6.45, 7) is 12.3. The zero-order valence-corrected chi connectivity index (χ0v) is 9.22. The molecule has 0 saturated heterocycles. The van der Waals surface area contributed by atoms with Crippen molar-refractivity contribution in [2.45, 2.75) is 53.5 Å². The van der Waals surface area contributed by atoms with Crippen LogP contribution in [0.1, 0.15) is 47.5 Å². The van der Waals surface area contributed by atoms with E-state index in [0.717, 1.165) is 19.4 Å². The van der Waals surface area contributed by atoms with Gasteiger partial charge in [-0.25, -0.2) is 0 Å². The number of nitrogens with zero attached hydrogens (tertiary/aromatic N) is 1. The van der Waals surface area contributed by atoms with Crippen molar-refractivity contribution in [3.8, 4) is 0 Å². The molecule has 0 aromatic rings. The summed E-state index contributed by atoms with van der Waals surface area (Å²) < 4.78 is 0. The second-order valence-corrected chi connectivity index (χ2v) is 3.34. The predicted octanol–water partition coefficient (Wildman–Crippen LogP) is 3.42. The first-order chi connectivity index (χ1) is 5.67. The Balaban J connectivity index is 4.33. The van der Waals surface area contributed by atoms with Gasteiger partial charge in [0.1, 0.15) is 0 Å². The summed E-state index contributed by atoms with van der Waals surface area (Å²) in [5.74, 6) is 0. The van der Waals surface area contributed by atoms with Crippen molar-refractivity contribution in [3.63, 3.8) is 0 Å². The maximum Gasteiger partial charge on any atom is 0.0230 e. The molecule has 0 saturated carbocycles. The zero-order chi connectivity index (χ0) is 9.56. The Kier molecular flexibility index (Phi) is 5.87. The van der Waals surface area contributed by atoms with E-state index in [0.29, 0.717) is 6.04 Å². The van der Waals surface area contributed by atoms with Gasteiger partial charge in [-0.05, 0) is 33.6 Å². The zero-order valence-electron chi connectivity index (χ0n) is 9.22. The Morgan fingerprint density at radius 3 is 2.08 bits per heavy atom. The number of rotatable bonds is 5. The highest BCUT2D eigenvalue weighted by atomic mass is 15.1. The van der Waals surface area contributed by atoms with Crippen LogP contribution in [0.2, 0.25) is 0 Å². The van der Waals surface area contributed by atoms with Crippen LogP contribution in [0.15, 0.2) is 11.8 Å². The van der Waals surface area contributed by atoms with Crippen LogP contribution >= 0.6 is 0 Å². The van der Waals surface area contributed by atoms with Crippen molar-refractivity contribution >= 4 is 0 Å². The minimum Gasteiger partial charge on any atom is -0.373 e. The van der Waals surface area contributed by atoms with Gasteiger partial charge in [0, 0.05) is 18.3 Å². The third-order valence-electron chi connectivity index (χ3n) is 2.13. The van der Waals surface area contributed by atoms with Crippen LogP contribution < -0.4 is 0 Å². The molecular formula is C11H23N. The van der Waals surface area contributed by atoms with E-state index in [4.69, 9.17) is 0 Å². The molecule has 0 aliphatic heterocycles. The first-order valence-corrected chi connectivity index (χ1v) is 5.12. The average molecular weight is 169 g/mol. The predicted molar refractivity (Wildman–Crippen MR) is 56.2 cm³/mol. The highest BCUT2D eigenvalue weighted by molar-refractivity contribution is 5.01. The largest absolute Gasteiger partial charge is 0.373 e. The summed E-state index contributed by atoms with van der Waals surface area (Å²) in [4.78, 5) is 2.46. The van der Waals surface area contributed by atoms with Gasteiger partial charge in [-0.2, -0.15) is 0 Å². The molecule has 0 bridgehead atoms. The van der Waals surface area contributed by atoms with Crippen LogP contribution in [0.25, 0.3) is 0 Å². The van der Waals surface area contributed by atoms with Crippen LogP contribution in [0.5, 0.6) is 0 Å². The van der Waals surface area contributed by atoms with Crippen LogP contribution in [-0.4, -0.2) is 17.5 Å². The fourth-order valence-corrected chi connectivity index (χ4v) is 1.60. The Morgan fingerprint density at radius 1 is 1.25 bits per heavy atom. The van der Waals surface area contributed by atoms with Gasteiger partial charge in [0.05, 0.1) is 0 Å². The third kappa shape index (κ3) is 3.29. The van der Waals surface area contributed by atoms with E-state index in [-0.39, 0.29) is 0 Å². The summed E-state index contributed by atoms with van der Waals surface area (Å²) >= 11 is 0. The molecule has 72 valence electrons. The molecule has 0 aromatic carbocycles. The normalized spacial score (nSPS) is 12.3. The van der Waals surface area contributed by atoms with E-state index in [1.54, 1.807) is 0 Å². The second-order valence-electron chi connectivity index (χ2n) is 3.34. The van der Waals surface area contributed by atoms with Gasteiger partial charge < -0.3 is 4.90 Å². The molecule has 0 aliphatic carbocycles. The van der Waals surface area contributed by atoms with E-state index in [9.17, 15) is 0 Å². The lowest BCUT2D eigenvalue weighted by Gasteiger charge is -2.29. The summed E-state index contributed by atoms with van der Waals surface area (Å²) in [5, 5.41) is 0. The smallest absolute Gasteiger partial charge is 0.0230 e. The molecule has 0 atom stereocenters. The van der Waals surface area contributed by atoms with E-state index < -0.39 is 0 Å². The fourth-order valence-electron chi connectivity index (χ4n) is 1.60. The fraction of sp³-hybridized carbons (Fsp3) is 0.818. The third-order valence-corrected chi connectivity index (χ3v) is 2.13. The second kappa shape index (κ2) is 6.10. The van der Waals surface area contributed by atoms with Gasteiger partial charge in [-0.15, -0.1) is 0 Å². The van der Waals surface area contributed by atoms with Crippen molar-refractivity contribution in [2.75, 3.05) is 6.54 Å². The Labute approximate surface area is 77.5 Å².